The van der Waals surface area contributed by atoms with Crippen molar-refractivity contribution in [1.29, 1.82) is 0 Å². The fourth-order valence-electron chi connectivity index (χ4n) is 4.31. The maximum atomic E-state index is 12.6. The Kier molecular flexibility index (Phi) is 15.8. The molecule has 2 aromatic heterocycles. The van der Waals surface area contributed by atoms with Crippen molar-refractivity contribution in [2.24, 2.45) is 5.41 Å². The second kappa shape index (κ2) is 18.5. The number of anilines is 1. The molecule has 1 fully saturated rings. The quantitative estimate of drug-likeness (QED) is 0.0447. The fraction of sp³-hybridized carbons (Fsp3) is 0.696. The van der Waals surface area contributed by atoms with Gasteiger partial charge in [-0.15, -0.1) is 0 Å². The lowest BCUT2D eigenvalue weighted by atomic mass is 9.87. The number of carbonyl (C=O) groups is 2. The minimum absolute atomic E-state index is 0.0345. The standard InChI is InChI=1S/C23H40N7O16P3S2/c1-4-50-51-8-7-25-14(31)5-6-26-21(34)18(33)23(2,3)10-43-49(40,41)46-48(38,39)42-9-13-17(45-47(35,36)37)16(32)22(44-13)30-12-29-15-19(24)27-11-28-20(15)30/h11-13,16-18,22,32-33H,4-10H2,1-3H3,(H,25,31)(H,26,34)(H,38,39)(H,40,41)(H2,24,27,28)(H2,35,36,37)/t13-,16-,17-,18+,22-/m1/s1. The number of phosphoric ester groups is 3. The van der Waals surface area contributed by atoms with Gasteiger partial charge in [0.2, 0.25) is 11.8 Å². The van der Waals surface area contributed by atoms with E-state index in [9.17, 15) is 53.1 Å². The summed E-state index contributed by atoms with van der Waals surface area (Å²) < 4.78 is 61.9. The number of phosphoric acid groups is 3. The highest BCUT2D eigenvalue weighted by molar-refractivity contribution is 8.76. The molecular weight excluding hydrogens is 787 g/mol. The molecule has 290 valence electrons. The van der Waals surface area contributed by atoms with Crippen LogP contribution in [0.2, 0.25) is 0 Å². The molecule has 0 saturated carbocycles. The van der Waals surface area contributed by atoms with E-state index in [1.165, 1.54) is 13.8 Å². The molecule has 0 radical (unpaired) electrons. The lowest BCUT2D eigenvalue weighted by Gasteiger charge is -2.30. The number of hydrogen-bond acceptors (Lipinski definition) is 18. The summed E-state index contributed by atoms with van der Waals surface area (Å²) in [4.78, 5) is 75.2. The second-order valence-electron chi connectivity index (χ2n) is 11.3. The molecule has 1 aliphatic rings. The summed E-state index contributed by atoms with van der Waals surface area (Å²) in [5.74, 6) is 0.343. The van der Waals surface area contributed by atoms with Gasteiger partial charge in [0.05, 0.1) is 19.5 Å². The van der Waals surface area contributed by atoms with Crippen LogP contribution in [0.5, 0.6) is 0 Å². The number of fused-ring (bicyclic) bond motifs is 1. The molecule has 2 unspecified atom stereocenters. The monoisotopic (exact) mass is 827 g/mol. The SMILES string of the molecule is CCSSCCNC(=O)CCNC(=O)[C@H](O)C(C)(C)COP(=O)(O)OP(=O)(O)OC[C@H]1O[C@@H](n2cnc3c(N)ncnc32)[C@H](O)[C@@H]1OP(=O)(O)O. The highest BCUT2D eigenvalue weighted by Crippen LogP contribution is 2.61. The first-order valence-corrected chi connectivity index (χ1v) is 21.8. The van der Waals surface area contributed by atoms with Gasteiger partial charge in [0.1, 0.15) is 36.3 Å². The molecule has 28 heteroatoms. The van der Waals surface area contributed by atoms with E-state index in [4.69, 9.17) is 19.5 Å². The number of nitrogens with two attached hydrogens (primary N) is 1. The van der Waals surface area contributed by atoms with Gasteiger partial charge >= 0.3 is 23.5 Å². The molecule has 0 spiro atoms. The molecule has 2 amide bonds. The largest absolute Gasteiger partial charge is 0.481 e. The van der Waals surface area contributed by atoms with Crippen molar-refractivity contribution in [2.45, 2.75) is 57.8 Å². The van der Waals surface area contributed by atoms with E-state index >= 15 is 0 Å². The molecule has 1 aliphatic heterocycles. The number of hydrogen-bond donors (Lipinski definition) is 9. The lowest BCUT2D eigenvalue weighted by Crippen LogP contribution is -2.46. The molecule has 7 atom stereocenters. The van der Waals surface area contributed by atoms with E-state index < -0.39 is 78.6 Å². The summed E-state index contributed by atoms with van der Waals surface area (Å²) in [6.45, 7) is 2.90. The van der Waals surface area contributed by atoms with Crippen LogP contribution < -0.4 is 16.4 Å². The summed E-state index contributed by atoms with van der Waals surface area (Å²) in [5, 5.41) is 26.4. The van der Waals surface area contributed by atoms with Crippen LogP contribution in [0, 0.1) is 5.41 Å². The van der Waals surface area contributed by atoms with Gasteiger partial charge in [-0.05, 0) is 0 Å². The Hall–Kier alpha value is -1.76. The van der Waals surface area contributed by atoms with Gasteiger partial charge in [-0.2, -0.15) is 4.31 Å². The minimum Gasteiger partial charge on any atom is -0.386 e. The normalized spacial score (nSPS) is 22.7. The van der Waals surface area contributed by atoms with Gasteiger partial charge in [0.25, 0.3) is 0 Å². The lowest BCUT2D eigenvalue weighted by molar-refractivity contribution is -0.137. The zero-order valence-electron chi connectivity index (χ0n) is 27.3. The third-order valence-electron chi connectivity index (χ3n) is 6.79. The van der Waals surface area contributed by atoms with Crippen LogP contribution in [-0.2, 0) is 45.9 Å². The van der Waals surface area contributed by atoms with E-state index in [1.54, 1.807) is 21.6 Å². The Labute approximate surface area is 298 Å². The van der Waals surface area contributed by atoms with Crippen molar-refractivity contribution in [3.05, 3.63) is 12.7 Å². The summed E-state index contributed by atoms with van der Waals surface area (Å²) >= 11 is 0. The number of ether oxygens (including phenoxy) is 1. The summed E-state index contributed by atoms with van der Waals surface area (Å²) in [7, 11) is -13.1. The van der Waals surface area contributed by atoms with Crippen LogP contribution >= 0.6 is 45.1 Å². The maximum Gasteiger partial charge on any atom is 0.481 e. The topological polar surface area (TPSA) is 347 Å². The van der Waals surface area contributed by atoms with Crippen molar-refractivity contribution in [3.8, 4) is 0 Å². The third kappa shape index (κ3) is 13.2. The van der Waals surface area contributed by atoms with Crippen molar-refractivity contribution in [2.75, 3.05) is 43.5 Å². The van der Waals surface area contributed by atoms with Gasteiger partial charge in [-0.3, -0.25) is 27.7 Å². The van der Waals surface area contributed by atoms with Crippen LogP contribution in [0.1, 0.15) is 33.4 Å². The Bertz CT molecular complexity index is 1650. The zero-order chi connectivity index (χ0) is 38.2. The van der Waals surface area contributed by atoms with Crippen LogP contribution in [0.25, 0.3) is 11.2 Å². The van der Waals surface area contributed by atoms with Crippen LogP contribution in [0.15, 0.2) is 12.7 Å². The van der Waals surface area contributed by atoms with E-state index in [0.717, 1.165) is 23.0 Å². The third-order valence-corrected chi connectivity index (χ3v) is 12.4. The molecule has 0 aromatic carbocycles. The average molecular weight is 828 g/mol. The zero-order valence-corrected chi connectivity index (χ0v) is 31.6. The number of nitrogens with one attached hydrogen (secondary N) is 2. The van der Waals surface area contributed by atoms with Gasteiger partial charge in [-0.1, -0.05) is 42.4 Å². The number of aliphatic hydroxyl groups excluding tert-OH is 2. The van der Waals surface area contributed by atoms with Crippen LogP contribution in [0.4, 0.5) is 5.82 Å². The Morgan fingerprint density at radius 3 is 2.43 bits per heavy atom. The summed E-state index contributed by atoms with van der Waals surface area (Å²) in [5.41, 5.74) is 4.32. The van der Waals surface area contributed by atoms with Crippen molar-refractivity contribution < 1.29 is 75.7 Å². The average Bonchev–Trinajstić information content (AvgIpc) is 3.58. The first-order valence-electron chi connectivity index (χ1n) is 14.8. The van der Waals surface area contributed by atoms with Gasteiger partial charge in [-0.25, -0.2) is 28.6 Å². The van der Waals surface area contributed by atoms with Gasteiger partial charge in [0.15, 0.2) is 17.7 Å². The number of nitrogens with zero attached hydrogens (tertiary/aromatic N) is 4. The molecule has 0 aliphatic carbocycles. The van der Waals surface area contributed by atoms with Crippen molar-refractivity contribution >= 4 is 73.9 Å². The number of aliphatic hydroxyl groups is 2. The predicted octanol–water partition coefficient (Wildman–Crippen LogP) is -0.194. The smallest absolute Gasteiger partial charge is 0.386 e. The van der Waals surface area contributed by atoms with E-state index in [-0.39, 0.29) is 35.9 Å². The minimum atomic E-state index is -5.54. The fourth-order valence-corrected chi connectivity index (χ4v) is 8.72. The second-order valence-corrected chi connectivity index (χ2v) is 18.4. The maximum absolute atomic E-state index is 12.6. The number of carbonyl (C=O) groups excluding carboxylic acids is 2. The molecule has 1 saturated heterocycles. The summed E-state index contributed by atoms with van der Waals surface area (Å²) in [6.07, 6.45) is -6.70. The Morgan fingerprint density at radius 2 is 1.76 bits per heavy atom. The number of nitrogen functional groups attached to an aromatic ring is 1. The molecule has 3 heterocycles. The van der Waals surface area contributed by atoms with Crippen molar-refractivity contribution in [3.63, 3.8) is 0 Å². The highest BCUT2D eigenvalue weighted by Gasteiger charge is 2.50. The predicted molar refractivity (Wildman–Crippen MR) is 180 cm³/mol. The highest BCUT2D eigenvalue weighted by atomic mass is 33.1. The van der Waals surface area contributed by atoms with Crippen molar-refractivity contribution in [1.82, 2.24) is 30.2 Å². The molecule has 2 aromatic rings. The molecule has 51 heavy (non-hydrogen) atoms. The van der Waals surface area contributed by atoms with Crippen LogP contribution in [0.3, 0.4) is 0 Å². The molecular formula is C23H40N7O16P3S2. The molecule has 0 bridgehead atoms. The molecule has 3 rings (SSSR count). The number of rotatable bonds is 21. The number of amides is 2. The number of imidazole rings is 1. The number of aromatic nitrogens is 4. The first-order chi connectivity index (χ1) is 23.7. The van der Waals surface area contributed by atoms with E-state index in [0.29, 0.717) is 12.3 Å². The van der Waals surface area contributed by atoms with E-state index in [1.807, 2.05) is 6.92 Å². The Balaban J connectivity index is 1.55. The van der Waals surface area contributed by atoms with Gasteiger partial charge in [0, 0.05) is 36.4 Å². The molecule has 10 N–H and O–H groups in total. The van der Waals surface area contributed by atoms with Crippen LogP contribution in [-0.4, -0.2) is 123 Å². The van der Waals surface area contributed by atoms with Gasteiger partial charge < -0.3 is 50.9 Å². The molecule has 23 nitrogen and oxygen atoms in total. The van der Waals surface area contributed by atoms with E-state index in [2.05, 4.69) is 34.4 Å². The first kappa shape index (κ1) is 43.6. The summed E-state index contributed by atoms with van der Waals surface area (Å²) in [6, 6.07) is 0. The Morgan fingerprint density at radius 1 is 1.08 bits per heavy atom.